The number of hydrogen-bond donors (Lipinski definition) is 2. The van der Waals surface area contributed by atoms with Gasteiger partial charge in [-0.15, -0.1) is 0 Å². The number of methoxy groups -OCH3 is 1. The predicted octanol–water partition coefficient (Wildman–Crippen LogP) is 4.62. The molecule has 0 aliphatic carbocycles. The number of benzene rings is 1. The molecule has 1 aliphatic heterocycles. The van der Waals surface area contributed by atoms with E-state index in [0.29, 0.717) is 24.2 Å². The second-order valence-electron chi connectivity index (χ2n) is 10.3. The lowest BCUT2D eigenvalue weighted by Crippen LogP contribution is -2.34. The molecule has 1 saturated heterocycles. The summed E-state index contributed by atoms with van der Waals surface area (Å²) in [4.78, 5) is 16.9. The van der Waals surface area contributed by atoms with Crippen molar-refractivity contribution in [2.45, 2.75) is 51.0 Å². The highest BCUT2D eigenvalue weighted by Crippen LogP contribution is 2.46. The summed E-state index contributed by atoms with van der Waals surface area (Å²) in [6.45, 7) is 8.18. The van der Waals surface area contributed by atoms with E-state index in [2.05, 4.69) is 28.6 Å². The van der Waals surface area contributed by atoms with Crippen LogP contribution in [-0.4, -0.2) is 56.7 Å². The summed E-state index contributed by atoms with van der Waals surface area (Å²) < 4.78 is 27.8. The van der Waals surface area contributed by atoms with Crippen molar-refractivity contribution in [1.82, 2.24) is 19.7 Å². The molecular weight excluding hydrogens is 451 g/mol. The molecule has 1 aromatic carbocycles. The maximum Gasteiger partial charge on any atom is 0.335 e. The summed E-state index contributed by atoms with van der Waals surface area (Å²) in [6, 6.07) is 7.05. The standard InChI is InChI=1S/C26H29FN4O4/c1-14-8-17(6-7-18(14)27)31-19-9-15-11-28-30-23(15)29-21(19)20(22(31)25(2,3)13-34-5)16-10-26(4,24(32)33)35-12-16/h6-9,11,16H,10,12-13H2,1-5H3,(H,32,33)(H,28,29,30)/t16-,26+/m1/s1. The highest BCUT2D eigenvalue weighted by molar-refractivity contribution is 5.94. The van der Waals surface area contributed by atoms with Gasteiger partial charge in [-0.25, -0.2) is 14.2 Å². The number of aliphatic carboxylic acids is 1. The van der Waals surface area contributed by atoms with Gasteiger partial charge in [0.1, 0.15) is 5.82 Å². The normalized spacial score (nSPS) is 20.8. The molecule has 2 atom stereocenters. The Hall–Kier alpha value is -3.30. The molecule has 1 aliphatic rings. The number of nitrogens with zero attached hydrogens (tertiary/aromatic N) is 3. The van der Waals surface area contributed by atoms with Crippen LogP contribution in [0, 0.1) is 12.7 Å². The molecule has 0 radical (unpaired) electrons. The average molecular weight is 481 g/mol. The SMILES string of the molecule is COCC(C)(C)c1c([C@H]2CO[C@](C)(C(=O)O)C2)c2nc3[nH]ncc3cc2n1-c1ccc(F)c(C)c1. The molecule has 5 rings (SSSR count). The number of aromatic amines is 1. The van der Waals surface area contributed by atoms with Gasteiger partial charge in [0.15, 0.2) is 11.2 Å². The van der Waals surface area contributed by atoms with Crippen molar-refractivity contribution in [2.24, 2.45) is 0 Å². The van der Waals surface area contributed by atoms with Crippen LogP contribution < -0.4 is 0 Å². The van der Waals surface area contributed by atoms with Crippen LogP contribution in [0.2, 0.25) is 0 Å². The van der Waals surface area contributed by atoms with Crippen LogP contribution >= 0.6 is 0 Å². The maximum absolute atomic E-state index is 14.2. The first-order chi connectivity index (χ1) is 16.6. The van der Waals surface area contributed by atoms with Crippen LogP contribution in [0.15, 0.2) is 30.5 Å². The first-order valence-corrected chi connectivity index (χ1v) is 11.6. The average Bonchev–Trinajstić information content (AvgIpc) is 3.50. The van der Waals surface area contributed by atoms with Gasteiger partial charge in [0.25, 0.3) is 0 Å². The lowest BCUT2D eigenvalue weighted by atomic mass is 9.81. The first-order valence-electron chi connectivity index (χ1n) is 11.6. The molecule has 1 fully saturated rings. The van der Waals surface area contributed by atoms with Gasteiger partial charge in [-0.3, -0.25) is 5.10 Å². The number of carboxylic acids is 1. The fourth-order valence-corrected chi connectivity index (χ4v) is 5.32. The van der Waals surface area contributed by atoms with E-state index in [9.17, 15) is 14.3 Å². The van der Waals surface area contributed by atoms with E-state index in [1.807, 2.05) is 12.1 Å². The Labute approximate surface area is 202 Å². The van der Waals surface area contributed by atoms with Crippen molar-refractivity contribution in [1.29, 1.82) is 0 Å². The summed E-state index contributed by atoms with van der Waals surface area (Å²) in [6.07, 6.45) is 2.03. The van der Waals surface area contributed by atoms with Crippen LogP contribution in [0.3, 0.4) is 0 Å². The number of carboxylic acid groups (broad SMARTS) is 1. The maximum atomic E-state index is 14.2. The van der Waals surface area contributed by atoms with E-state index in [0.717, 1.165) is 33.4 Å². The highest BCUT2D eigenvalue weighted by Gasteiger charge is 2.46. The van der Waals surface area contributed by atoms with Gasteiger partial charge >= 0.3 is 5.97 Å². The number of ether oxygens (including phenoxy) is 2. The topological polar surface area (TPSA) is 102 Å². The van der Waals surface area contributed by atoms with Crippen molar-refractivity contribution in [3.05, 3.63) is 53.1 Å². The van der Waals surface area contributed by atoms with Gasteiger partial charge in [-0.2, -0.15) is 5.10 Å². The van der Waals surface area contributed by atoms with Crippen molar-refractivity contribution in [3.63, 3.8) is 0 Å². The molecule has 0 unspecified atom stereocenters. The van der Waals surface area contributed by atoms with E-state index < -0.39 is 17.0 Å². The molecule has 2 N–H and O–H groups in total. The molecule has 0 amide bonds. The summed E-state index contributed by atoms with van der Waals surface area (Å²) in [5.74, 6) is -1.47. The molecule has 0 bridgehead atoms. The third kappa shape index (κ3) is 3.70. The van der Waals surface area contributed by atoms with Crippen LogP contribution in [0.4, 0.5) is 4.39 Å². The molecule has 0 spiro atoms. The lowest BCUT2D eigenvalue weighted by Gasteiger charge is -2.29. The monoisotopic (exact) mass is 480 g/mol. The largest absolute Gasteiger partial charge is 0.479 e. The summed E-state index contributed by atoms with van der Waals surface area (Å²) in [5.41, 5.74) is 3.64. The van der Waals surface area contributed by atoms with Crippen LogP contribution in [-0.2, 0) is 19.7 Å². The first kappa shape index (κ1) is 23.4. The van der Waals surface area contributed by atoms with Crippen molar-refractivity contribution in [2.75, 3.05) is 20.3 Å². The molecule has 184 valence electrons. The zero-order valence-electron chi connectivity index (χ0n) is 20.5. The molecule has 35 heavy (non-hydrogen) atoms. The van der Waals surface area contributed by atoms with E-state index in [4.69, 9.17) is 14.5 Å². The Morgan fingerprint density at radius 3 is 2.83 bits per heavy atom. The van der Waals surface area contributed by atoms with Crippen LogP contribution in [0.25, 0.3) is 27.8 Å². The Kier molecular flexibility index (Phi) is 5.45. The third-order valence-electron chi connectivity index (χ3n) is 7.03. The molecule has 0 saturated carbocycles. The lowest BCUT2D eigenvalue weighted by molar-refractivity contribution is -0.157. The minimum absolute atomic E-state index is 0.208. The molecular formula is C26H29FN4O4. The third-order valence-corrected chi connectivity index (χ3v) is 7.03. The van der Waals surface area contributed by atoms with Crippen molar-refractivity contribution >= 4 is 28.0 Å². The Morgan fingerprint density at radius 1 is 1.40 bits per heavy atom. The van der Waals surface area contributed by atoms with E-state index >= 15 is 0 Å². The number of carbonyl (C=O) groups is 1. The van der Waals surface area contributed by atoms with Gasteiger partial charge in [0, 0.05) is 40.8 Å². The molecule has 8 nitrogen and oxygen atoms in total. The Bertz CT molecular complexity index is 1460. The number of aromatic nitrogens is 4. The smallest absolute Gasteiger partial charge is 0.335 e. The number of fused-ring (bicyclic) bond motifs is 2. The molecule has 9 heteroatoms. The van der Waals surface area contributed by atoms with Crippen LogP contribution in [0.5, 0.6) is 0 Å². The van der Waals surface area contributed by atoms with Crippen LogP contribution in [0.1, 0.15) is 49.9 Å². The minimum Gasteiger partial charge on any atom is -0.479 e. The Morgan fingerprint density at radius 2 is 2.17 bits per heavy atom. The fraction of sp³-hybridized carbons (Fsp3) is 0.423. The van der Waals surface area contributed by atoms with Gasteiger partial charge in [-0.1, -0.05) is 13.8 Å². The minimum atomic E-state index is -1.29. The zero-order chi connectivity index (χ0) is 25.1. The van der Waals surface area contributed by atoms with E-state index in [-0.39, 0.29) is 18.3 Å². The number of H-pyrrole nitrogens is 1. The zero-order valence-corrected chi connectivity index (χ0v) is 20.5. The number of rotatable bonds is 6. The van der Waals surface area contributed by atoms with Crippen molar-refractivity contribution in [3.8, 4) is 5.69 Å². The van der Waals surface area contributed by atoms with Gasteiger partial charge in [-0.05, 0) is 50.1 Å². The fourth-order valence-electron chi connectivity index (χ4n) is 5.32. The summed E-state index contributed by atoms with van der Waals surface area (Å²) >= 11 is 0. The number of pyridine rings is 1. The van der Waals surface area contributed by atoms with Gasteiger partial charge in [0.05, 0.1) is 30.4 Å². The molecule has 3 aromatic heterocycles. The van der Waals surface area contributed by atoms with E-state index in [1.54, 1.807) is 33.2 Å². The predicted molar refractivity (Wildman–Crippen MR) is 130 cm³/mol. The second-order valence-corrected chi connectivity index (χ2v) is 10.3. The number of nitrogens with one attached hydrogen (secondary N) is 1. The second kappa shape index (κ2) is 8.13. The summed E-state index contributed by atoms with van der Waals surface area (Å²) in [7, 11) is 1.66. The summed E-state index contributed by atoms with van der Waals surface area (Å²) in [5, 5.41) is 17.7. The molecule has 4 aromatic rings. The van der Waals surface area contributed by atoms with E-state index in [1.165, 1.54) is 6.07 Å². The Balaban J connectivity index is 1.88. The van der Waals surface area contributed by atoms with Gasteiger partial charge < -0.3 is 19.1 Å². The molecule has 4 heterocycles. The number of hydrogen-bond acceptors (Lipinski definition) is 5. The number of aryl methyl sites for hydroxylation is 1. The number of halogens is 1. The van der Waals surface area contributed by atoms with Crippen molar-refractivity contribution < 1.29 is 23.8 Å². The highest BCUT2D eigenvalue weighted by atomic mass is 19.1. The van der Waals surface area contributed by atoms with Gasteiger partial charge in [0.2, 0.25) is 0 Å². The quantitative estimate of drug-likeness (QED) is 0.418.